The van der Waals surface area contributed by atoms with Crippen LogP contribution >= 0.6 is 11.3 Å². The Labute approximate surface area is 207 Å². The molecule has 2 aliphatic rings. The average molecular weight is 508 g/mol. The number of likely N-dealkylation sites (tertiary alicyclic amines) is 1. The third-order valence-corrected chi connectivity index (χ3v) is 8.14. The van der Waals surface area contributed by atoms with Crippen LogP contribution in [0.5, 0.6) is 0 Å². The zero-order valence-corrected chi connectivity index (χ0v) is 20.6. The first-order chi connectivity index (χ1) is 16.9. The number of aromatic amines is 1. The summed E-state index contributed by atoms with van der Waals surface area (Å²) in [5.74, 6) is -3.20. The van der Waals surface area contributed by atoms with Crippen molar-refractivity contribution in [3.63, 3.8) is 0 Å². The molecule has 0 bridgehead atoms. The topological polar surface area (TPSA) is 67.4 Å². The Hall–Kier alpha value is -2.14. The number of aromatic nitrogens is 2. The van der Waals surface area contributed by atoms with Gasteiger partial charge in [-0.3, -0.25) is 9.29 Å². The van der Waals surface area contributed by atoms with Crippen LogP contribution in [0, 0.1) is 0 Å². The summed E-state index contributed by atoms with van der Waals surface area (Å²) in [6, 6.07) is 7.73. The van der Waals surface area contributed by atoms with Crippen LogP contribution in [0.25, 0.3) is 10.9 Å². The van der Waals surface area contributed by atoms with Crippen LogP contribution < -0.4 is 5.32 Å². The lowest BCUT2D eigenvalue weighted by Gasteiger charge is -2.41. The van der Waals surface area contributed by atoms with Gasteiger partial charge in [0.05, 0.1) is 19.3 Å². The Morgan fingerprint density at radius 2 is 2.14 bits per heavy atom. The SMILES string of the molecule is C[C@@H]1Cc2c([nH]c3ccccc23)[C@@H](c2cnc(N[C@H]3CCN(CCCF)C3)s2)N1CC(F)(F)CO. The number of thiazole rings is 1. The van der Waals surface area contributed by atoms with Gasteiger partial charge in [-0.15, -0.1) is 11.3 Å². The first-order valence-electron chi connectivity index (χ1n) is 12.2. The smallest absolute Gasteiger partial charge is 0.283 e. The fraction of sp³-hybridized carbons (Fsp3) is 0.560. The number of alkyl halides is 3. The summed E-state index contributed by atoms with van der Waals surface area (Å²) in [6.45, 7) is 2.49. The second-order valence-corrected chi connectivity index (χ2v) is 10.8. The third kappa shape index (κ3) is 5.07. The van der Waals surface area contributed by atoms with E-state index in [1.54, 1.807) is 11.1 Å². The Kier molecular flexibility index (Phi) is 7.07. The van der Waals surface area contributed by atoms with Crippen molar-refractivity contribution >= 4 is 27.4 Å². The number of rotatable bonds is 9. The molecule has 0 unspecified atom stereocenters. The largest absolute Gasteiger partial charge is 0.390 e. The monoisotopic (exact) mass is 507 g/mol. The fourth-order valence-corrected chi connectivity index (χ4v) is 6.49. The minimum atomic E-state index is -3.20. The highest BCUT2D eigenvalue weighted by molar-refractivity contribution is 7.15. The predicted molar refractivity (Wildman–Crippen MR) is 133 cm³/mol. The van der Waals surface area contributed by atoms with Crippen LogP contribution in [0.3, 0.4) is 0 Å². The first kappa shape index (κ1) is 24.5. The summed E-state index contributed by atoms with van der Waals surface area (Å²) in [4.78, 5) is 13.0. The van der Waals surface area contributed by atoms with Crippen molar-refractivity contribution in [3.8, 4) is 0 Å². The molecule has 0 amide bonds. The van der Waals surface area contributed by atoms with E-state index in [-0.39, 0.29) is 18.8 Å². The average Bonchev–Trinajstić information content (AvgIpc) is 3.57. The lowest BCUT2D eigenvalue weighted by atomic mass is 9.91. The van der Waals surface area contributed by atoms with E-state index in [0.29, 0.717) is 12.8 Å². The second kappa shape index (κ2) is 10.1. The van der Waals surface area contributed by atoms with E-state index in [2.05, 4.69) is 26.3 Å². The molecule has 5 rings (SSSR count). The molecule has 2 aliphatic heterocycles. The van der Waals surface area contributed by atoms with Crippen molar-refractivity contribution in [2.45, 2.75) is 50.2 Å². The zero-order chi connectivity index (χ0) is 24.6. The van der Waals surface area contributed by atoms with Gasteiger partial charge in [0.25, 0.3) is 5.92 Å². The van der Waals surface area contributed by atoms with E-state index < -0.39 is 25.1 Å². The van der Waals surface area contributed by atoms with Crippen molar-refractivity contribution in [3.05, 3.63) is 46.6 Å². The van der Waals surface area contributed by atoms with Crippen LogP contribution in [0.15, 0.2) is 30.5 Å². The summed E-state index contributed by atoms with van der Waals surface area (Å²) < 4.78 is 41.4. The van der Waals surface area contributed by atoms with Crippen molar-refractivity contribution in [1.29, 1.82) is 0 Å². The molecule has 6 nitrogen and oxygen atoms in total. The number of hydrogen-bond donors (Lipinski definition) is 3. The van der Waals surface area contributed by atoms with E-state index in [9.17, 15) is 18.3 Å². The van der Waals surface area contributed by atoms with Crippen molar-refractivity contribution in [2.75, 3.05) is 44.8 Å². The maximum atomic E-state index is 14.4. The third-order valence-electron chi connectivity index (χ3n) is 7.16. The highest BCUT2D eigenvalue weighted by Gasteiger charge is 2.42. The number of hydrogen-bond acceptors (Lipinski definition) is 6. The van der Waals surface area contributed by atoms with Gasteiger partial charge in [-0.2, -0.15) is 0 Å². The molecule has 0 aliphatic carbocycles. The second-order valence-electron chi connectivity index (χ2n) is 9.75. The zero-order valence-electron chi connectivity index (χ0n) is 19.8. The molecular formula is C25H32F3N5OS. The normalized spacial score (nSPS) is 23.7. The van der Waals surface area contributed by atoms with Crippen LogP contribution in [0.1, 0.15) is 41.9 Å². The molecule has 1 aromatic carbocycles. The highest BCUT2D eigenvalue weighted by atomic mass is 32.1. The van der Waals surface area contributed by atoms with Gasteiger partial charge in [0.2, 0.25) is 0 Å². The molecule has 10 heteroatoms. The number of halogens is 3. The molecule has 190 valence electrons. The number of benzene rings is 1. The molecule has 3 N–H and O–H groups in total. The number of para-hydroxylation sites is 1. The summed E-state index contributed by atoms with van der Waals surface area (Å²) in [6.07, 6.45) is 3.95. The summed E-state index contributed by atoms with van der Waals surface area (Å²) in [5, 5.41) is 14.7. The summed E-state index contributed by atoms with van der Waals surface area (Å²) >= 11 is 1.49. The first-order valence-corrected chi connectivity index (χ1v) is 13.0. The van der Waals surface area contributed by atoms with Crippen LogP contribution in [0.2, 0.25) is 0 Å². The number of anilines is 1. The molecule has 35 heavy (non-hydrogen) atoms. The Morgan fingerprint density at radius 1 is 1.31 bits per heavy atom. The molecule has 3 aromatic rings. The van der Waals surface area contributed by atoms with E-state index >= 15 is 0 Å². The number of aliphatic hydroxyl groups excluding tert-OH is 1. The minimum Gasteiger partial charge on any atom is -0.390 e. The minimum absolute atomic E-state index is 0.137. The van der Waals surface area contributed by atoms with Gasteiger partial charge in [-0.05, 0) is 37.8 Å². The maximum Gasteiger partial charge on any atom is 0.283 e. The summed E-state index contributed by atoms with van der Waals surface area (Å²) in [7, 11) is 0. The van der Waals surface area contributed by atoms with Crippen LogP contribution in [-0.2, 0) is 6.42 Å². The van der Waals surface area contributed by atoms with Crippen LogP contribution in [-0.4, -0.2) is 82.3 Å². The van der Waals surface area contributed by atoms with Gasteiger partial charge in [0, 0.05) is 59.4 Å². The van der Waals surface area contributed by atoms with Gasteiger partial charge >= 0.3 is 0 Å². The van der Waals surface area contributed by atoms with Gasteiger partial charge in [0.15, 0.2) is 5.13 Å². The fourth-order valence-electron chi connectivity index (χ4n) is 5.47. The van der Waals surface area contributed by atoms with E-state index in [4.69, 9.17) is 0 Å². The quantitative estimate of drug-likeness (QED) is 0.400. The number of aliphatic hydroxyl groups is 1. The van der Waals surface area contributed by atoms with Gasteiger partial charge in [-0.25, -0.2) is 13.8 Å². The molecular weight excluding hydrogens is 475 g/mol. The number of fused-ring (bicyclic) bond motifs is 3. The number of nitrogens with zero attached hydrogens (tertiary/aromatic N) is 3. The van der Waals surface area contributed by atoms with E-state index in [0.717, 1.165) is 58.2 Å². The molecule has 1 fully saturated rings. The van der Waals surface area contributed by atoms with Crippen LogP contribution in [0.4, 0.5) is 18.3 Å². The van der Waals surface area contributed by atoms with E-state index in [1.807, 2.05) is 25.1 Å². The molecule has 1 saturated heterocycles. The molecule has 3 atom stereocenters. The van der Waals surface area contributed by atoms with Gasteiger partial charge in [0.1, 0.15) is 6.61 Å². The number of nitrogens with one attached hydrogen (secondary N) is 2. The lowest BCUT2D eigenvalue weighted by molar-refractivity contribution is -0.0862. The predicted octanol–water partition coefficient (Wildman–Crippen LogP) is 4.43. The maximum absolute atomic E-state index is 14.4. The highest BCUT2D eigenvalue weighted by Crippen LogP contribution is 2.44. The Bertz CT molecular complexity index is 1150. The van der Waals surface area contributed by atoms with Crippen molar-refractivity contribution in [2.24, 2.45) is 0 Å². The molecule has 4 heterocycles. The standard InChI is InChI=1S/C25H32F3N5OS/c1-16-11-19-18-5-2-3-6-20(18)31-22(19)23(33(16)14-25(27,28)15-34)21-12-29-24(35-21)30-17-7-10-32(13-17)9-4-8-26/h2-3,5-6,12,16-17,23,31,34H,4,7-11,13-15H2,1H3,(H,29,30)/t16-,17+,23-/m1/s1. The molecule has 2 aromatic heterocycles. The molecule has 0 spiro atoms. The molecule has 0 radical (unpaired) electrons. The molecule has 0 saturated carbocycles. The summed E-state index contributed by atoms with van der Waals surface area (Å²) in [5.41, 5.74) is 3.07. The Morgan fingerprint density at radius 3 is 2.94 bits per heavy atom. The van der Waals surface area contributed by atoms with Gasteiger partial charge in [-0.1, -0.05) is 18.2 Å². The number of H-pyrrole nitrogens is 1. The Balaban J connectivity index is 1.44. The van der Waals surface area contributed by atoms with Crippen molar-refractivity contribution < 1.29 is 18.3 Å². The van der Waals surface area contributed by atoms with Crippen molar-refractivity contribution in [1.82, 2.24) is 19.8 Å². The van der Waals surface area contributed by atoms with Gasteiger partial charge < -0.3 is 20.3 Å². The van der Waals surface area contributed by atoms with E-state index in [1.165, 1.54) is 11.3 Å². The lowest BCUT2D eigenvalue weighted by Crippen LogP contribution is -2.49.